The number of hydrogen-bond acceptors (Lipinski definition) is 4. The zero-order chi connectivity index (χ0) is 14.6. The molecule has 0 amide bonds. The van der Waals surface area contributed by atoms with Crippen LogP contribution in [-0.2, 0) is 16.1 Å². The summed E-state index contributed by atoms with van der Waals surface area (Å²) in [7, 11) is 1.40. The van der Waals surface area contributed by atoms with Gasteiger partial charge in [0.05, 0.1) is 24.0 Å². The first-order valence-corrected chi connectivity index (χ1v) is 6.72. The predicted octanol–water partition coefficient (Wildman–Crippen LogP) is 2.16. The third-order valence-corrected chi connectivity index (χ3v) is 3.48. The number of methoxy groups -OCH3 is 1. The second kappa shape index (κ2) is 6.39. The third kappa shape index (κ3) is 3.94. The minimum atomic E-state index is -0.728. The highest BCUT2D eigenvalue weighted by atomic mass is 35.5. The number of halogens is 1. The van der Waals surface area contributed by atoms with E-state index < -0.39 is 5.54 Å². The summed E-state index contributed by atoms with van der Waals surface area (Å²) in [6, 6.07) is 0.186. The fourth-order valence-corrected chi connectivity index (χ4v) is 2.22. The molecule has 0 saturated carbocycles. The first kappa shape index (κ1) is 16.0. The molecule has 1 aromatic heterocycles. The average molecular weight is 288 g/mol. The lowest BCUT2D eigenvalue weighted by molar-refractivity contribution is -0.148. The molecule has 19 heavy (non-hydrogen) atoms. The molecule has 1 rings (SSSR count). The van der Waals surface area contributed by atoms with Gasteiger partial charge in [-0.1, -0.05) is 11.6 Å². The minimum absolute atomic E-state index is 0.186. The predicted molar refractivity (Wildman–Crippen MR) is 75.3 cm³/mol. The Hall–Kier alpha value is -1.07. The van der Waals surface area contributed by atoms with E-state index in [1.807, 2.05) is 27.7 Å². The van der Waals surface area contributed by atoms with Crippen LogP contribution in [0, 0.1) is 6.92 Å². The maximum atomic E-state index is 11.9. The van der Waals surface area contributed by atoms with Gasteiger partial charge in [0, 0.05) is 12.6 Å². The Morgan fingerprint density at radius 1 is 1.63 bits per heavy atom. The van der Waals surface area contributed by atoms with Crippen LogP contribution in [0.1, 0.15) is 32.9 Å². The van der Waals surface area contributed by atoms with Gasteiger partial charge in [-0.05, 0) is 34.1 Å². The fourth-order valence-electron chi connectivity index (χ4n) is 2.07. The molecule has 1 N–H and O–H groups in total. The van der Waals surface area contributed by atoms with E-state index in [1.165, 1.54) is 7.11 Å². The molecule has 0 aliphatic rings. The van der Waals surface area contributed by atoms with E-state index in [-0.39, 0.29) is 12.0 Å². The van der Waals surface area contributed by atoms with Gasteiger partial charge in [-0.15, -0.1) is 0 Å². The van der Waals surface area contributed by atoms with Crippen molar-refractivity contribution in [3.63, 3.8) is 0 Å². The Balaban J connectivity index is 2.78. The van der Waals surface area contributed by atoms with E-state index in [4.69, 9.17) is 16.3 Å². The zero-order valence-corrected chi connectivity index (χ0v) is 12.9. The topological polar surface area (TPSA) is 56.2 Å². The molecule has 5 nitrogen and oxygen atoms in total. The minimum Gasteiger partial charge on any atom is -0.468 e. The highest BCUT2D eigenvalue weighted by Crippen LogP contribution is 2.18. The summed E-state index contributed by atoms with van der Waals surface area (Å²) >= 11 is 5.96. The molecule has 1 aromatic rings. The Labute approximate surface area is 119 Å². The maximum absolute atomic E-state index is 11.9. The standard InChI is InChI=1S/C13H22ClN3O2/c1-9(2)16-13(4,12(18)19-5)6-7-17-10(3)11(14)8-15-17/h8-9,16H,6-7H2,1-5H3. The molecule has 0 aliphatic carbocycles. The number of rotatable bonds is 6. The van der Waals surface area contributed by atoms with Crippen LogP contribution in [0.4, 0.5) is 0 Å². The van der Waals surface area contributed by atoms with Crippen molar-refractivity contribution < 1.29 is 9.53 Å². The van der Waals surface area contributed by atoms with Gasteiger partial charge >= 0.3 is 5.97 Å². The number of carbonyl (C=O) groups is 1. The molecule has 0 aromatic carbocycles. The first-order chi connectivity index (χ1) is 8.80. The molecular formula is C13H22ClN3O2. The van der Waals surface area contributed by atoms with Gasteiger partial charge in [-0.3, -0.25) is 14.8 Å². The van der Waals surface area contributed by atoms with Crippen molar-refractivity contribution in [2.45, 2.75) is 52.2 Å². The largest absolute Gasteiger partial charge is 0.468 e. The lowest BCUT2D eigenvalue weighted by Crippen LogP contribution is -2.53. The molecule has 0 aliphatic heterocycles. The van der Waals surface area contributed by atoms with E-state index >= 15 is 0 Å². The molecule has 1 heterocycles. The molecule has 0 radical (unpaired) electrons. The van der Waals surface area contributed by atoms with Crippen LogP contribution in [-0.4, -0.2) is 34.4 Å². The quantitative estimate of drug-likeness (QED) is 0.815. The van der Waals surface area contributed by atoms with Gasteiger partial charge in [0.25, 0.3) is 0 Å². The lowest BCUT2D eigenvalue weighted by Gasteiger charge is -2.30. The molecule has 1 atom stereocenters. The number of hydrogen-bond donors (Lipinski definition) is 1. The van der Waals surface area contributed by atoms with Gasteiger partial charge in [-0.25, -0.2) is 0 Å². The molecule has 6 heteroatoms. The normalized spacial score (nSPS) is 14.5. The van der Waals surface area contributed by atoms with Crippen molar-refractivity contribution in [1.82, 2.24) is 15.1 Å². The van der Waals surface area contributed by atoms with Crippen LogP contribution >= 0.6 is 11.6 Å². The lowest BCUT2D eigenvalue weighted by atomic mass is 9.96. The van der Waals surface area contributed by atoms with E-state index in [0.717, 1.165) is 5.69 Å². The van der Waals surface area contributed by atoms with Crippen molar-refractivity contribution in [2.75, 3.05) is 7.11 Å². The second-order valence-electron chi connectivity index (χ2n) is 5.17. The SMILES string of the molecule is COC(=O)C(C)(CCn1ncc(Cl)c1C)NC(C)C. The van der Waals surface area contributed by atoms with E-state index in [9.17, 15) is 4.79 Å². The molecular weight excluding hydrogens is 266 g/mol. The number of esters is 1. The first-order valence-electron chi connectivity index (χ1n) is 6.34. The van der Waals surface area contributed by atoms with E-state index in [0.29, 0.717) is 18.0 Å². The van der Waals surface area contributed by atoms with Gasteiger partial charge in [-0.2, -0.15) is 5.10 Å². The van der Waals surface area contributed by atoms with Crippen LogP contribution in [0.25, 0.3) is 0 Å². The summed E-state index contributed by atoms with van der Waals surface area (Å²) in [6.07, 6.45) is 2.19. The van der Waals surface area contributed by atoms with Crippen molar-refractivity contribution in [3.05, 3.63) is 16.9 Å². The second-order valence-corrected chi connectivity index (χ2v) is 5.58. The number of nitrogens with one attached hydrogen (secondary N) is 1. The summed E-state index contributed by atoms with van der Waals surface area (Å²) in [5, 5.41) is 8.08. The smallest absolute Gasteiger partial charge is 0.325 e. The molecule has 0 saturated heterocycles. The Kier molecular flexibility index (Phi) is 5.38. The Bertz CT molecular complexity index is 445. The summed E-state index contributed by atoms with van der Waals surface area (Å²) in [5.41, 5.74) is 0.173. The number of nitrogens with zero attached hydrogens (tertiary/aromatic N) is 2. The van der Waals surface area contributed by atoms with Crippen molar-refractivity contribution in [1.29, 1.82) is 0 Å². The van der Waals surface area contributed by atoms with Crippen LogP contribution in [0.2, 0.25) is 5.02 Å². The molecule has 0 fully saturated rings. The summed E-state index contributed by atoms with van der Waals surface area (Å²) < 4.78 is 6.68. The summed E-state index contributed by atoms with van der Waals surface area (Å²) in [4.78, 5) is 11.9. The van der Waals surface area contributed by atoms with Gasteiger partial charge < -0.3 is 4.74 Å². The number of carbonyl (C=O) groups excluding carboxylic acids is 1. The van der Waals surface area contributed by atoms with Crippen molar-refractivity contribution in [3.8, 4) is 0 Å². The van der Waals surface area contributed by atoms with Crippen LogP contribution in [0.15, 0.2) is 6.20 Å². The summed E-state index contributed by atoms with van der Waals surface area (Å²) in [5.74, 6) is -0.267. The monoisotopic (exact) mass is 287 g/mol. The average Bonchev–Trinajstić information content (AvgIpc) is 2.65. The van der Waals surface area contributed by atoms with Crippen molar-refractivity contribution in [2.24, 2.45) is 0 Å². The van der Waals surface area contributed by atoms with Crippen LogP contribution < -0.4 is 5.32 Å². The van der Waals surface area contributed by atoms with Crippen molar-refractivity contribution >= 4 is 17.6 Å². The molecule has 0 spiro atoms. The number of ether oxygens (including phenoxy) is 1. The van der Waals surface area contributed by atoms with Crippen LogP contribution in [0.3, 0.4) is 0 Å². The molecule has 1 unspecified atom stereocenters. The Morgan fingerprint density at radius 2 is 2.26 bits per heavy atom. The van der Waals surface area contributed by atoms with Crippen LogP contribution in [0.5, 0.6) is 0 Å². The molecule has 108 valence electrons. The van der Waals surface area contributed by atoms with Gasteiger partial charge in [0.15, 0.2) is 0 Å². The Morgan fingerprint density at radius 3 is 2.68 bits per heavy atom. The molecule has 0 bridgehead atoms. The van der Waals surface area contributed by atoms with Gasteiger partial charge in [0.1, 0.15) is 5.54 Å². The number of aryl methyl sites for hydroxylation is 1. The fraction of sp³-hybridized carbons (Fsp3) is 0.692. The maximum Gasteiger partial charge on any atom is 0.325 e. The van der Waals surface area contributed by atoms with E-state index in [2.05, 4.69) is 10.4 Å². The highest BCUT2D eigenvalue weighted by molar-refractivity contribution is 6.31. The van der Waals surface area contributed by atoms with E-state index in [1.54, 1.807) is 10.9 Å². The zero-order valence-electron chi connectivity index (χ0n) is 12.2. The van der Waals surface area contributed by atoms with Gasteiger partial charge in [0.2, 0.25) is 0 Å². The number of aromatic nitrogens is 2. The third-order valence-electron chi connectivity index (χ3n) is 3.11. The summed E-state index contributed by atoms with van der Waals surface area (Å²) in [6.45, 7) is 8.35. The highest BCUT2D eigenvalue weighted by Gasteiger charge is 2.34.